The number of aromatic amines is 1. The van der Waals surface area contributed by atoms with Crippen molar-refractivity contribution in [2.75, 3.05) is 0 Å². The van der Waals surface area contributed by atoms with Gasteiger partial charge in [-0.05, 0) is 60.5 Å². The van der Waals surface area contributed by atoms with Crippen LogP contribution in [-0.2, 0) is 13.0 Å². The number of amides is 1. The smallest absolute Gasteiger partial charge is 0.270 e. The van der Waals surface area contributed by atoms with Gasteiger partial charge in [0.1, 0.15) is 12.0 Å². The van der Waals surface area contributed by atoms with Crippen LogP contribution in [0.15, 0.2) is 61.1 Å². The number of halogens is 1. The molecule has 0 aliphatic rings. The minimum absolute atomic E-state index is 0.281. The molecule has 0 saturated heterocycles. The lowest BCUT2D eigenvalue weighted by Crippen LogP contribution is -2.24. The third-order valence-electron chi connectivity index (χ3n) is 5.24. The van der Waals surface area contributed by atoms with E-state index in [-0.39, 0.29) is 12.5 Å². The van der Waals surface area contributed by atoms with Crippen molar-refractivity contribution in [2.45, 2.75) is 19.9 Å². The molecule has 3 heterocycles. The zero-order chi connectivity index (χ0) is 22.1. The van der Waals surface area contributed by atoms with E-state index in [0.29, 0.717) is 17.1 Å². The summed E-state index contributed by atoms with van der Waals surface area (Å²) in [4.78, 5) is 25.6. The van der Waals surface area contributed by atoms with Crippen LogP contribution in [0.5, 0.6) is 0 Å². The molecule has 0 spiro atoms. The van der Waals surface area contributed by atoms with E-state index >= 15 is 0 Å². The van der Waals surface area contributed by atoms with Gasteiger partial charge in [0, 0.05) is 34.1 Å². The molecule has 0 bridgehead atoms. The average Bonchev–Trinajstić information content (AvgIpc) is 3.19. The molecule has 0 aliphatic carbocycles. The van der Waals surface area contributed by atoms with E-state index in [1.165, 1.54) is 6.33 Å². The Morgan fingerprint density at radius 3 is 2.81 bits per heavy atom. The van der Waals surface area contributed by atoms with Crippen LogP contribution in [0, 0.1) is 6.92 Å². The number of benzene rings is 2. The molecule has 32 heavy (non-hydrogen) atoms. The van der Waals surface area contributed by atoms with Crippen LogP contribution in [0.4, 0.5) is 0 Å². The second-order valence-electron chi connectivity index (χ2n) is 7.66. The molecule has 0 unspecified atom stereocenters. The van der Waals surface area contributed by atoms with E-state index in [1.54, 1.807) is 12.1 Å². The lowest BCUT2D eigenvalue weighted by Gasteiger charge is -2.07. The fourth-order valence-corrected chi connectivity index (χ4v) is 3.83. The molecule has 2 N–H and O–H groups in total. The van der Waals surface area contributed by atoms with Crippen molar-refractivity contribution in [3.8, 4) is 0 Å². The van der Waals surface area contributed by atoms with E-state index < -0.39 is 0 Å². The molecular weight excluding hydrogens is 424 g/mol. The largest absolute Gasteiger partial charge is 0.345 e. The molecule has 0 atom stereocenters. The summed E-state index contributed by atoms with van der Waals surface area (Å²) < 4.78 is 0. The Labute approximate surface area is 188 Å². The molecular formula is C24H19ClN6O. The van der Waals surface area contributed by atoms with Crippen molar-refractivity contribution >= 4 is 39.3 Å². The predicted octanol–water partition coefficient (Wildman–Crippen LogP) is 4.38. The third-order valence-corrected chi connectivity index (χ3v) is 5.48. The number of H-pyrrole nitrogens is 1. The summed E-state index contributed by atoms with van der Waals surface area (Å²) in [7, 11) is 0. The maximum absolute atomic E-state index is 12.7. The van der Waals surface area contributed by atoms with Gasteiger partial charge in [-0.1, -0.05) is 17.7 Å². The molecule has 3 aromatic heterocycles. The minimum Gasteiger partial charge on any atom is -0.345 e. The number of nitrogens with zero attached hydrogens (tertiary/aromatic N) is 4. The normalized spacial score (nSPS) is 11.2. The highest BCUT2D eigenvalue weighted by atomic mass is 35.5. The number of fused-ring (bicyclic) bond motifs is 2. The summed E-state index contributed by atoms with van der Waals surface area (Å²) in [5, 5.41) is 12.6. The minimum atomic E-state index is -0.281. The van der Waals surface area contributed by atoms with Gasteiger partial charge in [-0.3, -0.25) is 14.9 Å². The summed E-state index contributed by atoms with van der Waals surface area (Å²) in [5.74, 6) is -0.281. The highest BCUT2D eigenvalue weighted by molar-refractivity contribution is 6.31. The summed E-state index contributed by atoms with van der Waals surface area (Å²) in [5.41, 5.74) is 5.82. The SMILES string of the molecule is Cc1cnc2ccc(Cc3cc(C(=O)NCc4[nH]nc5ccc(Cl)cc45)ncn3)cc2c1. The zero-order valence-corrected chi connectivity index (χ0v) is 18.0. The number of nitrogens with one attached hydrogen (secondary N) is 2. The molecule has 5 rings (SSSR count). The Bertz CT molecular complexity index is 1460. The van der Waals surface area contributed by atoms with E-state index in [2.05, 4.69) is 42.6 Å². The van der Waals surface area contributed by atoms with Gasteiger partial charge in [-0.25, -0.2) is 9.97 Å². The standard InChI is InChI=1S/C24H19ClN6O/c1-14-6-16-7-15(2-4-20(16)26-11-14)8-18-10-22(29-13-28-18)24(32)27-12-23-19-9-17(25)3-5-21(19)30-31-23/h2-7,9-11,13H,8,12H2,1H3,(H,27,32)(H,30,31). The van der Waals surface area contributed by atoms with Crippen molar-refractivity contribution in [2.24, 2.45) is 0 Å². The molecule has 0 aliphatic heterocycles. The van der Waals surface area contributed by atoms with Crippen molar-refractivity contribution in [3.63, 3.8) is 0 Å². The van der Waals surface area contributed by atoms with E-state index in [9.17, 15) is 4.79 Å². The van der Waals surface area contributed by atoms with Gasteiger partial charge in [-0.15, -0.1) is 0 Å². The summed E-state index contributed by atoms with van der Waals surface area (Å²) in [6.45, 7) is 2.31. The van der Waals surface area contributed by atoms with Gasteiger partial charge in [0.25, 0.3) is 5.91 Å². The second-order valence-corrected chi connectivity index (χ2v) is 8.09. The maximum atomic E-state index is 12.7. The lowest BCUT2D eigenvalue weighted by molar-refractivity contribution is 0.0945. The topological polar surface area (TPSA) is 96.5 Å². The fourth-order valence-electron chi connectivity index (χ4n) is 3.66. The molecule has 5 aromatic rings. The Kier molecular flexibility index (Phi) is 5.25. The number of carbonyl (C=O) groups excluding carboxylic acids is 1. The number of rotatable bonds is 5. The van der Waals surface area contributed by atoms with Gasteiger partial charge in [0.2, 0.25) is 0 Å². The van der Waals surface area contributed by atoms with E-state index in [0.717, 1.165) is 44.3 Å². The summed E-state index contributed by atoms with van der Waals surface area (Å²) >= 11 is 6.08. The number of aromatic nitrogens is 5. The first-order chi connectivity index (χ1) is 15.5. The van der Waals surface area contributed by atoms with Gasteiger partial charge < -0.3 is 5.32 Å². The molecule has 1 amide bonds. The monoisotopic (exact) mass is 442 g/mol. The first-order valence-electron chi connectivity index (χ1n) is 10.1. The van der Waals surface area contributed by atoms with Gasteiger partial charge >= 0.3 is 0 Å². The van der Waals surface area contributed by atoms with Crippen LogP contribution in [0.2, 0.25) is 5.02 Å². The molecule has 0 radical (unpaired) electrons. The van der Waals surface area contributed by atoms with Crippen LogP contribution < -0.4 is 5.32 Å². The number of hydrogen-bond acceptors (Lipinski definition) is 5. The van der Waals surface area contributed by atoms with Gasteiger partial charge in [0.05, 0.1) is 23.3 Å². The molecule has 8 heteroatoms. The maximum Gasteiger partial charge on any atom is 0.270 e. The third kappa shape index (κ3) is 4.15. The van der Waals surface area contributed by atoms with Crippen molar-refractivity contribution in [3.05, 3.63) is 94.3 Å². The van der Waals surface area contributed by atoms with Crippen molar-refractivity contribution < 1.29 is 4.79 Å². The van der Waals surface area contributed by atoms with Crippen LogP contribution >= 0.6 is 11.6 Å². The summed E-state index contributed by atoms with van der Waals surface area (Å²) in [6, 6.07) is 15.4. The molecule has 7 nitrogen and oxygen atoms in total. The molecule has 0 saturated carbocycles. The number of hydrogen-bond donors (Lipinski definition) is 2. The first kappa shape index (κ1) is 20.1. The average molecular weight is 443 g/mol. The number of aryl methyl sites for hydroxylation is 1. The second kappa shape index (κ2) is 8.36. The highest BCUT2D eigenvalue weighted by Gasteiger charge is 2.12. The van der Waals surface area contributed by atoms with Crippen molar-refractivity contribution in [1.82, 2.24) is 30.5 Å². The Balaban J connectivity index is 1.31. The Hall–Kier alpha value is -3.84. The van der Waals surface area contributed by atoms with E-state index in [1.807, 2.05) is 37.4 Å². The van der Waals surface area contributed by atoms with Crippen LogP contribution in [0.1, 0.15) is 33.0 Å². The van der Waals surface area contributed by atoms with Gasteiger partial charge in [0.15, 0.2) is 0 Å². The van der Waals surface area contributed by atoms with Crippen LogP contribution in [0.3, 0.4) is 0 Å². The fraction of sp³-hybridized carbons (Fsp3) is 0.125. The Morgan fingerprint density at radius 2 is 1.91 bits per heavy atom. The first-order valence-corrected chi connectivity index (χ1v) is 10.5. The van der Waals surface area contributed by atoms with Crippen LogP contribution in [-0.4, -0.2) is 31.1 Å². The quantitative estimate of drug-likeness (QED) is 0.421. The molecule has 158 valence electrons. The van der Waals surface area contributed by atoms with Crippen molar-refractivity contribution in [1.29, 1.82) is 0 Å². The number of pyridine rings is 1. The molecule has 0 fully saturated rings. The molecule has 2 aromatic carbocycles. The summed E-state index contributed by atoms with van der Waals surface area (Å²) in [6.07, 6.45) is 3.87. The predicted molar refractivity (Wildman–Crippen MR) is 124 cm³/mol. The van der Waals surface area contributed by atoms with Crippen LogP contribution in [0.25, 0.3) is 21.8 Å². The highest BCUT2D eigenvalue weighted by Crippen LogP contribution is 2.21. The Morgan fingerprint density at radius 1 is 1.03 bits per heavy atom. The van der Waals surface area contributed by atoms with Gasteiger partial charge in [-0.2, -0.15) is 5.10 Å². The number of carbonyl (C=O) groups is 1. The zero-order valence-electron chi connectivity index (χ0n) is 17.3. The van der Waals surface area contributed by atoms with E-state index in [4.69, 9.17) is 11.6 Å². The lowest BCUT2D eigenvalue weighted by atomic mass is 10.1.